The van der Waals surface area contributed by atoms with Crippen LogP contribution in [0.3, 0.4) is 0 Å². The first-order valence-electron chi connectivity index (χ1n) is 36.9. The van der Waals surface area contributed by atoms with Gasteiger partial charge in [0.1, 0.15) is 0 Å². The second-order valence-corrected chi connectivity index (χ2v) is 31.9. The highest BCUT2D eigenvalue weighted by Crippen LogP contribution is 2.50. The van der Waals surface area contributed by atoms with Crippen LogP contribution < -0.4 is 0 Å². The number of rotatable bonds is 13. The molecule has 8 aromatic heterocycles. The maximum Gasteiger partial charge on any atom is 0.165 e. The van der Waals surface area contributed by atoms with Crippen LogP contribution in [0.4, 0.5) is 0 Å². The first-order chi connectivity index (χ1) is 55.4. The smallest absolute Gasteiger partial charge is 0.165 e. The molecule has 0 unspecified atom stereocenters. The second-order valence-electron chi connectivity index (χ2n) is 27.7. The zero-order valence-electron chi connectivity index (χ0n) is 59.4. The lowest BCUT2D eigenvalue weighted by atomic mass is 9.95. The normalized spacial score (nSPS) is 11.8. The van der Waals surface area contributed by atoms with Gasteiger partial charge in [-0.05, 0) is 94.0 Å². The lowest BCUT2D eigenvalue weighted by Gasteiger charge is -2.13. The van der Waals surface area contributed by atoms with Crippen LogP contribution in [0.2, 0.25) is 0 Å². The highest BCUT2D eigenvalue weighted by atomic mass is 32.1. The van der Waals surface area contributed by atoms with Gasteiger partial charge in [-0.3, -0.25) is 0 Å². The number of hydrogen-bond acceptors (Lipinski definition) is 14. The van der Waals surface area contributed by atoms with Crippen molar-refractivity contribution in [3.63, 3.8) is 0 Å². The number of benzene rings is 14. The van der Waals surface area contributed by atoms with E-state index in [-0.39, 0.29) is 0 Å². The predicted octanol–water partition coefficient (Wildman–Crippen LogP) is 26.8. The van der Waals surface area contributed by atoms with Crippen molar-refractivity contribution in [2.24, 2.45) is 0 Å². The van der Waals surface area contributed by atoms with Gasteiger partial charge in [0.2, 0.25) is 0 Å². The van der Waals surface area contributed by atoms with E-state index in [2.05, 4.69) is 261 Å². The van der Waals surface area contributed by atoms with E-state index in [9.17, 15) is 0 Å². The van der Waals surface area contributed by atoms with E-state index in [0.29, 0.717) is 46.6 Å². The van der Waals surface area contributed by atoms with E-state index >= 15 is 0 Å². The Morgan fingerprint density at radius 1 is 0.161 bits per heavy atom. The fourth-order valence-corrected chi connectivity index (χ4v) is 20.2. The van der Waals surface area contributed by atoms with Crippen molar-refractivity contribution in [3.05, 3.63) is 340 Å². The van der Waals surface area contributed by atoms with Crippen molar-refractivity contribution in [1.82, 2.24) is 49.8 Å². The van der Waals surface area contributed by atoms with Crippen molar-refractivity contribution < 1.29 is 0 Å². The third-order valence-corrected chi connectivity index (χ3v) is 25.6. The molecule has 14 aromatic carbocycles. The SMILES string of the molecule is c1ccc(-c2cccc(-c3nc(-c4ccccc4)nc(-c4cc(-c5cccc(-c6cccc(-c7nc(-c8ccccc8)nc(-c8cccc9c8sc8cccc(-c%10nc(-c%11ccccc%11)nc%11c%10sc%10ccccc%10%11)c89)n7)c6)c5)cc5c4sc4cc(-c6nc(-c7ccccc7)nc7c6sc6ccccc67)ccc45)n3)c2)cc1. The summed E-state index contributed by atoms with van der Waals surface area (Å²) in [7, 11) is 0. The second kappa shape index (κ2) is 27.1. The van der Waals surface area contributed by atoms with E-state index in [1.54, 1.807) is 45.3 Å². The van der Waals surface area contributed by atoms with Crippen molar-refractivity contribution in [1.29, 1.82) is 0 Å². The lowest BCUT2D eigenvalue weighted by molar-refractivity contribution is 1.08. The Balaban J connectivity index is 0.687. The number of aromatic nitrogens is 10. The first kappa shape index (κ1) is 65.2. The molecular weight excluding hydrogens is 1450 g/mol. The van der Waals surface area contributed by atoms with Gasteiger partial charge in [0.25, 0.3) is 0 Å². The number of fused-ring (bicyclic) bond motifs is 12. The zero-order valence-corrected chi connectivity index (χ0v) is 62.7. The largest absolute Gasteiger partial charge is 0.226 e. The molecule has 112 heavy (non-hydrogen) atoms. The molecule has 0 aliphatic heterocycles. The monoisotopic (exact) mass is 1500 g/mol. The molecule has 22 rings (SSSR count). The Morgan fingerprint density at radius 3 is 1.09 bits per heavy atom. The summed E-state index contributed by atoms with van der Waals surface area (Å²) in [6.07, 6.45) is 0. The molecule has 0 fully saturated rings. The molecule has 10 nitrogen and oxygen atoms in total. The van der Waals surface area contributed by atoms with Gasteiger partial charge in [-0.1, -0.05) is 279 Å². The van der Waals surface area contributed by atoms with Gasteiger partial charge >= 0.3 is 0 Å². The van der Waals surface area contributed by atoms with Crippen molar-refractivity contribution in [2.75, 3.05) is 0 Å². The van der Waals surface area contributed by atoms with E-state index < -0.39 is 0 Å². The molecule has 0 aliphatic rings. The molecule has 522 valence electrons. The van der Waals surface area contributed by atoms with Crippen LogP contribution in [0.15, 0.2) is 340 Å². The summed E-state index contributed by atoms with van der Waals surface area (Å²) in [6.45, 7) is 0. The summed E-state index contributed by atoms with van der Waals surface area (Å²) in [5.41, 5.74) is 19.3. The molecule has 0 spiro atoms. The quantitative estimate of drug-likeness (QED) is 0.110. The minimum absolute atomic E-state index is 0.563. The van der Waals surface area contributed by atoms with E-state index in [1.807, 2.05) is 78.9 Å². The predicted molar refractivity (Wildman–Crippen MR) is 467 cm³/mol. The summed E-state index contributed by atoms with van der Waals surface area (Å²) >= 11 is 6.98. The number of hydrogen-bond donors (Lipinski definition) is 0. The Kier molecular flexibility index (Phi) is 15.8. The Bertz CT molecular complexity index is 7510. The molecule has 0 saturated heterocycles. The average molecular weight is 1500 g/mol. The maximum absolute atomic E-state index is 5.52. The fourth-order valence-electron chi connectivity index (χ4n) is 15.4. The average Bonchev–Trinajstić information content (AvgIpc) is 1.59. The van der Waals surface area contributed by atoms with E-state index in [4.69, 9.17) is 49.8 Å². The molecule has 0 amide bonds. The standard InChI is InChI=1S/C98H56N10S4/c1-6-25-57(26-7-1)62-35-21-39-67(52-62)96-104-94(61-33-14-5-15-34-61)106-98(108-96)77-55-69(54-76-70-50-49-66(56-81(70)112-88(76)77)83-89-84(71-41-16-18-46-78(71)109-89)100-91(99-83)58-27-8-2-9-28-58)65-38-20-36-63(51-65)64-37-22-40-68(53-64)95-103-93(60-31-12-4-13-32-60)105-97(107-95)75-45-23-44-74-82-73(43-24-48-80(82)111-87(74)75)86-90-85(72-42-17-19-47-79(72)110-90)101-92(102-86)59-29-10-3-11-30-59/h1-56H. The minimum Gasteiger partial charge on any atom is -0.226 e. The minimum atomic E-state index is 0.563. The first-order valence-corrected chi connectivity index (χ1v) is 40.2. The molecule has 0 bridgehead atoms. The Labute approximate surface area is 657 Å². The van der Waals surface area contributed by atoms with Crippen LogP contribution in [0.5, 0.6) is 0 Å². The maximum atomic E-state index is 5.52. The zero-order chi connectivity index (χ0) is 73.7. The van der Waals surface area contributed by atoms with E-state index in [1.165, 1.54) is 9.40 Å². The summed E-state index contributed by atoms with van der Waals surface area (Å²) in [5.74, 6) is 4.84. The van der Waals surface area contributed by atoms with E-state index in [0.717, 1.165) is 172 Å². The summed E-state index contributed by atoms with van der Waals surface area (Å²) in [5, 5.41) is 6.67. The van der Waals surface area contributed by atoms with Crippen molar-refractivity contribution in [2.45, 2.75) is 0 Å². The topological polar surface area (TPSA) is 129 Å². The molecule has 0 atom stereocenters. The molecular formula is C98H56N10S4. The Hall–Kier alpha value is -13.9. The van der Waals surface area contributed by atoms with Crippen LogP contribution in [-0.2, 0) is 0 Å². The van der Waals surface area contributed by atoms with Gasteiger partial charge in [0.05, 0.1) is 31.8 Å². The van der Waals surface area contributed by atoms with Crippen LogP contribution >= 0.6 is 45.3 Å². The molecule has 22 aromatic rings. The van der Waals surface area contributed by atoms with Crippen molar-refractivity contribution >= 4 is 126 Å². The van der Waals surface area contributed by atoms with Crippen LogP contribution in [0.1, 0.15) is 0 Å². The van der Waals surface area contributed by atoms with Gasteiger partial charge in [-0.25, -0.2) is 49.8 Å². The Morgan fingerprint density at radius 2 is 0.527 bits per heavy atom. The third kappa shape index (κ3) is 11.5. The summed E-state index contributed by atoms with van der Waals surface area (Å²) < 4.78 is 8.83. The molecule has 0 saturated carbocycles. The highest BCUT2D eigenvalue weighted by molar-refractivity contribution is 7.28. The highest BCUT2D eigenvalue weighted by Gasteiger charge is 2.26. The van der Waals surface area contributed by atoms with Gasteiger partial charge in [0, 0.05) is 116 Å². The fraction of sp³-hybridized carbons (Fsp3) is 0. The van der Waals surface area contributed by atoms with Gasteiger partial charge in [-0.2, -0.15) is 0 Å². The number of nitrogens with zero attached hydrogens (tertiary/aromatic N) is 10. The third-order valence-electron chi connectivity index (χ3n) is 20.8. The number of thiophene rings is 4. The molecule has 0 N–H and O–H groups in total. The van der Waals surface area contributed by atoms with Gasteiger partial charge in [0.15, 0.2) is 46.6 Å². The molecule has 14 heteroatoms. The van der Waals surface area contributed by atoms with Crippen LogP contribution in [-0.4, -0.2) is 49.8 Å². The molecule has 0 radical (unpaired) electrons. The van der Waals surface area contributed by atoms with Crippen LogP contribution in [0.25, 0.3) is 228 Å². The van der Waals surface area contributed by atoms with Gasteiger partial charge < -0.3 is 0 Å². The lowest BCUT2D eigenvalue weighted by Crippen LogP contribution is -2.00. The van der Waals surface area contributed by atoms with Gasteiger partial charge in [-0.15, -0.1) is 45.3 Å². The molecule has 0 aliphatic carbocycles. The van der Waals surface area contributed by atoms with Crippen LogP contribution in [0, 0.1) is 0 Å². The van der Waals surface area contributed by atoms with Crippen molar-refractivity contribution in [3.8, 4) is 147 Å². The summed E-state index contributed by atoms with van der Waals surface area (Å²) in [4.78, 5) is 53.8. The molecule has 8 heterocycles. The summed E-state index contributed by atoms with van der Waals surface area (Å²) in [6, 6.07) is 119.